The van der Waals surface area contributed by atoms with Gasteiger partial charge in [0.25, 0.3) is 5.69 Å². The number of hydrogen-bond acceptors (Lipinski definition) is 3. The van der Waals surface area contributed by atoms with Gasteiger partial charge in [0.1, 0.15) is 0 Å². The smallest absolute Gasteiger partial charge is 0.336 e. The minimum absolute atomic E-state index is 0.0178. The lowest BCUT2D eigenvalue weighted by Crippen LogP contribution is -2.05. The molecular formula is C10H11NO4. The third-order valence-electron chi connectivity index (χ3n) is 2.25. The van der Waals surface area contributed by atoms with Gasteiger partial charge in [0, 0.05) is 12.1 Å². The maximum Gasteiger partial charge on any atom is 0.336 e. The van der Waals surface area contributed by atoms with E-state index in [0.29, 0.717) is 17.5 Å². The lowest BCUT2D eigenvalue weighted by molar-refractivity contribution is -0.384. The summed E-state index contributed by atoms with van der Waals surface area (Å²) >= 11 is 0. The first-order valence-electron chi connectivity index (χ1n) is 4.48. The zero-order valence-electron chi connectivity index (χ0n) is 8.48. The summed E-state index contributed by atoms with van der Waals surface area (Å²) in [6.45, 7) is 3.50. The molecule has 0 saturated carbocycles. The quantitative estimate of drug-likeness (QED) is 0.611. The van der Waals surface area contributed by atoms with Crippen molar-refractivity contribution in [3.63, 3.8) is 0 Å². The van der Waals surface area contributed by atoms with E-state index >= 15 is 0 Å². The average Bonchev–Trinajstić information content (AvgIpc) is 2.16. The lowest BCUT2D eigenvalue weighted by Gasteiger charge is -2.06. The Morgan fingerprint density at radius 2 is 2.13 bits per heavy atom. The van der Waals surface area contributed by atoms with Crippen LogP contribution in [0.1, 0.15) is 28.4 Å². The fourth-order valence-corrected chi connectivity index (χ4v) is 1.56. The number of carboxylic acid groups (broad SMARTS) is 1. The Balaban J connectivity index is 3.45. The van der Waals surface area contributed by atoms with Crippen molar-refractivity contribution in [3.05, 3.63) is 38.9 Å². The predicted octanol–water partition coefficient (Wildman–Crippen LogP) is 2.16. The molecule has 1 N–H and O–H groups in total. The van der Waals surface area contributed by atoms with Gasteiger partial charge in [-0.2, -0.15) is 0 Å². The maximum atomic E-state index is 10.9. The molecule has 0 unspecified atom stereocenters. The second-order valence-electron chi connectivity index (χ2n) is 3.20. The number of rotatable bonds is 3. The van der Waals surface area contributed by atoms with Gasteiger partial charge >= 0.3 is 5.97 Å². The van der Waals surface area contributed by atoms with E-state index in [4.69, 9.17) is 5.11 Å². The molecule has 5 heteroatoms. The first kappa shape index (κ1) is 11.2. The number of benzene rings is 1. The third kappa shape index (κ3) is 2.12. The second-order valence-corrected chi connectivity index (χ2v) is 3.20. The fraction of sp³-hybridized carbons (Fsp3) is 0.300. The Labute approximate surface area is 86.5 Å². The van der Waals surface area contributed by atoms with Crippen molar-refractivity contribution in [2.24, 2.45) is 0 Å². The molecule has 0 fully saturated rings. The second kappa shape index (κ2) is 4.08. The number of carbonyl (C=O) groups is 1. The van der Waals surface area contributed by atoms with E-state index < -0.39 is 10.9 Å². The monoisotopic (exact) mass is 209 g/mol. The van der Waals surface area contributed by atoms with Crippen LogP contribution in [0.4, 0.5) is 5.69 Å². The Bertz CT molecular complexity index is 426. The van der Waals surface area contributed by atoms with E-state index in [2.05, 4.69) is 0 Å². The zero-order chi connectivity index (χ0) is 11.6. The van der Waals surface area contributed by atoms with E-state index in [-0.39, 0.29) is 11.3 Å². The van der Waals surface area contributed by atoms with E-state index in [1.165, 1.54) is 6.07 Å². The van der Waals surface area contributed by atoms with Crippen LogP contribution in [0.25, 0.3) is 0 Å². The molecule has 0 aliphatic rings. The van der Waals surface area contributed by atoms with E-state index in [0.717, 1.165) is 6.07 Å². The van der Waals surface area contributed by atoms with Gasteiger partial charge in [-0.1, -0.05) is 6.92 Å². The molecule has 0 heterocycles. The van der Waals surface area contributed by atoms with Gasteiger partial charge in [-0.05, 0) is 24.5 Å². The molecule has 1 aromatic rings. The van der Waals surface area contributed by atoms with Crippen molar-refractivity contribution in [3.8, 4) is 0 Å². The summed E-state index contributed by atoms with van der Waals surface area (Å²) in [7, 11) is 0. The highest BCUT2D eigenvalue weighted by Gasteiger charge is 2.17. The standard InChI is InChI=1S/C10H11NO4/c1-3-8-6(2)4-7(11(14)15)5-9(8)10(12)13/h4-5H,3H2,1-2H3,(H,12,13). The van der Waals surface area contributed by atoms with Gasteiger partial charge in [-0.3, -0.25) is 10.1 Å². The summed E-state index contributed by atoms with van der Waals surface area (Å²) in [4.78, 5) is 20.8. The highest BCUT2D eigenvalue weighted by Crippen LogP contribution is 2.22. The number of carboxylic acids is 1. The number of nitro benzene ring substituents is 1. The minimum Gasteiger partial charge on any atom is -0.478 e. The van der Waals surface area contributed by atoms with Crippen molar-refractivity contribution >= 4 is 11.7 Å². The Morgan fingerprint density at radius 1 is 1.53 bits per heavy atom. The van der Waals surface area contributed by atoms with Gasteiger partial charge in [0.2, 0.25) is 0 Å². The van der Waals surface area contributed by atoms with Crippen LogP contribution >= 0.6 is 0 Å². The van der Waals surface area contributed by atoms with E-state index in [1.54, 1.807) is 6.92 Å². The molecule has 5 nitrogen and oxygen atoms in total. The van der Waals surface area contributed by atoms with Crippen molar-refractivity contribution < 1.29 is 14.8 Å². The normalized spacial score (nSPS) is 10.0. The molecule has 0 radical (unpaired) electrons. The highest BCUT2D eigenvalue weighted by atomic mass is 16.6. The number of aromatic carboxylic acids is 1. The summed E-state index contributed by atoms with van der Waals surface area (Å²) in [5, 5.41) is 19.4. The summed E-state index contributed by atoms with van der Waals surface area (Å²) in [6, 6.07) is 2.50. The highest BCUT2D eigenvalue weighted by molar-refractivity contribution is 5.90. The van der Waals surface area contributed by atoms with Crippen LogP contribution in [-0.2, 0) is 6.42 Å². The number of aryl methyl sites for hydroxylation is 1. The van der Waals surface area contributed by atoms with Gasteiger partial charge in [-0.25, -0.2) is 4.79 Å². The van der Waals surface area contributed by atoms with Crippen LogP contribution in [0, 0.1) is 17.0 Å². The molecule has 15 heavy (non-hydrogen) atoms. The van der Waals surface area contributed by atoms with Gasteiger partial charge < -0.3 is 5.11 Å². The molecule has 0 spiro atoms. The first-order valence-corrected chi connectivity index (χ1v) is 4.48. The average molecular weight is 209 g/mol. The molecule has 0 saturated heterocycles. The number of nitrogens with zero attached hydrogens (tertiary/aromatic N) is 1. The summed E-state index contributed by atoms with van der Waals surface area (Å²) in [5.74, 6) is -1.13. The number of nitro groups is 1. The SMILES string of the molecule is CCc1c(C)cc([N+](=O)[O-])cc1C(=O)O. The number of non-ortho nitro benzene ring substituents is 1. The molecule has 80 valence electrons. The molecule has 0 bridgehead atoms. The Hall–Kier alpha value is -1.91. The van der Waals surface area contributed by atoms with Crippen LogP contribution in [0.3, 0.4) is 0 Å². The molecule has 1 rings (SSSR count). The van der Waals surface area contributed by atoms with E-state index in [1.807, 2.05) is 6.92 Å². The minimum atomic E-state index is -1.13. The predicted molar refractivity (Wildman–Crippen MR) is 54.2 cm³/mol. The van der Waals surface area contributed by atoms with E-state index in [9.17, 15) is 14.9 Å². The van der Waals surface area contributed by atoms with Gasteiger partial charge in [0.05, 0.1) is 10.5 Å². The summed E-state index contributed by atoms with van der Waals surface area (Å²) in [5.41, 5.74) is 1.13. The molecule has 0 amide bonds. The molecule has 0 aliphatic heterocycles. The largest absolute Gasteiger partial charge is 0.478 e. The Kier molecular flexibility index (Phi) is 3.04. The van der Waals surface area contributed by atoms with Crippen LogP contribution in [0.2, 0.25) is 0 Å². The van der Waals surface area contributed by atoms with Crippen LogP contribution in [-0.4, -0.2) is 16.0 Å². The van der Waals surface area contributed by atoms with Crippen LogP contribution in [0.5, 0.6) is 0 Å². The Morgan fingerprint density at radius 3 is 2.53 bits per heavy atom. The van der Waals surface area contributed by atoms with Crippen molar-refractivity contribution in [1.29, 1.82) is 0 Å². The van der Waals surface area contributed by atoms with Crippen molar-refractivity contribution in [2.45, 2.75) is 20.3 Å². The van der Waals surface area contributed by atoms with Gasteiger partial charge in [0.15, 0.2) is 0 Å². The molecule has 0 atom stereocenters. The van der Waals surface area contributed by atoms with Crippen LogP contribution < -0.4 is 0 Å². The lowest BCUT2D eigenvalue weighted by atomic mass is 9.99. The van der Waals surface area contributed by atoms with Gasteiger partial charge in [-0.15, -0.1) is 0 Å². The van der Waals surface area contributed by atoms with Crippen molar-refractivity contribution in [1.82, 2.24) is 0 Å². The molecule has 1 aromatic carbocycles. The number of hydrogen-bond donors (Lipinski definition) is 1. The molecular weight excluding hydrogens is 198 g/mol. The zero-order valence-corrected chi connectivity index (χ0v) is 8.48. The fourth-order valence-electron chi connectivity index (χ4n) is 1.56. The van der Waals surface area contributed by atoms with Crippen molar-refractivity contribution in [2.75, 3.05) is 0 Å². The maximum absolute atomic E-state index is 10.9. The van der Waals surface area contributed by atoms with Crippen LogP contribution in [0.15, 0.2) is 12.1 Å². The first-order chi connectivity index (χ1) is 6.97. The summed E-state index contributed by atoms with van der Waals surface area (Å²) in [6.07, 6.45) is 0.547. The third-order valence-corrected chi connectivity index (χ3v) is 2.25. The topological polar surface area (TPSA) is 80.4 Å². The molecule has 0 aliphatic carbocycles. The summed E-state index contributed by atoms with van der Waals surface area (Å²) < 4.78 is 0. The molecule has 0 aromatic heterocycles.